The smallest absolute Gasteiger partial charge is 0.337 e. The fraction of sp³-hybridized carbons (Fsp3) is 0.200. The zero-order valence-electron chi connectivity index (χ0n) is 9.08. The molecule has 0 radical (unpaired) electrons. The van der Waals surface area contributed by atoms with E-state index in [1.807, 2.05) is 4.98 Å². The van der Waals surface area contributed by atoms with Crippen molar-refractivity contribution in [3.8, 4) is 0 Å². The van der Waals surface area contributed by atoms with Gasteiger partial charge in [0.1, 0.15) is 5.65 Å². The van der Waals surface area contributed by atoms with Crippen molar-refractivity contribution in [2.24, 2.45) is 0 Å². The summed E-state index contributed by atoms with van der Waals surface area (Å²) in [6.07, 6.45) is 1.05. The molecule has 0 aliphatic carbocycles. The number of carbonyl (C=O) groups is 1. The number of carboxylic acids is 1. The van der Waals surface area contributed by atoms with Crippen molar-refractivity contribution in [1.82, 2.24) is 14.5 Å². The normalized spacial score (nSPS) is 10.7. The summed E-state index contributed by atoms with van der Waals surface area (Å²) in [6, 6.07) is 1.14. The van der Waals surface area contributed by atoms with E-state index in [4.69, 9.17) is 10.2 Å². The van der Waals surface area contributed by atoms with Crippen LogP contribution in [-0.2, 0) is 6.54 Å². The molecule has 8 nitrogen and oxygen atoms in total. The highest BCUT2D eigenvalue weighted by atomic mass is 16.4. The summed E-state index contributed by atoms with van der Waals surface area (Å²) in [5.41, 5.74) is -1.51. The van der Waals surface area contributed by atoms with E-state index in [-0.39, 0.29) is 29.7 Å². The van der Waals surface area contributed by atoms with Crippen LogP contribution in [0.2, 0.25) is 0 Å². The maximum Gasteiger partial charge on any atom is 0.337 e. The lowest BCUT2D eigenvalue weighted by atomic mass is 10.2. The van der Waals surface area contributed by atoms with Crippen LogP contribution in [0.15, 0.2) is 21.9 Å². The molecule has 0 unspecified atom stereocenters. The van der Waals surface area contributed by atoms with E-state index >= 15 is 0 Å². The monoisotopic (exact) mass is 251 g/mol. The highest BCUT2D eigenvalue weighted by molar-refractivity contribution is 5.91. The number of aromatic nitrogens is 3. The average Bonchev–Trinajstić information content (AvgIpc) is 2.33. The van der Waals surface area contributed by atoms with Crippen molar-refractivity contribution < 1.29 is 15.0 Å². The van der Waals surface area contributed by atoms with Crippen LogP contribution in [0.1, 0.15) is 10.4 Å². The Labute approximate surface area is 99.1 Å². The van der Waals surface area contributed by atoms with Gasteiger partial charge in [0, 0.05) is 6.20 Å². The van der Waals surface area contributed by atoms with Gasteiger partial charge in [-0.2, -0.15) is 0 Å². The third-order valence-electron chi connectivity index (χ3n) is 2.40. The second-order valence-corrected chi connectivity index (χ2v) is 3.53. The van der Waals surface area contributed by atoms with Gasteiger partial charge in [-0.3, -0.25) is 14.3 Å². The van der Waals surface area contributed by atoms with Crippen molar-refractivity contribution in [3.05, 3.63) is 38.7 Å². The summed E-state index contributed by atoms with van der Waals surface area (Å²) in [7, 11) is 0. The minimum Gasteiger partial charge on any atom is -0.478 e. The standard InChI is InChI=1S/C10H9N3O5/c14-2-1-13-7-6(8(15)12-10(13)18)3-5(4-11-7)9(16)17/h3-4,14H,1-2H2,(H,16,17)(H,12,15,18). The fourth-order valence-electron chi connectivity index (χ4n) is 1.59. The van der Waals surface area contributed by atoms with Gasteiger partial charge in [-0.05, 0) is 6.07 Å². The molecule has 0 saturated carbocycles. The minimum atomic E-state index is -1.22. The molecule has 3 N–H and O–H groups in total. The predicted octanol–water partition coefficient (Wildman–Crippen LogP) is -1.22. The molecule has 0 fully saturated rings. The van der Waals surface area contributed by atoms with Gasteiger partial charge in [0.15, 0.2) is 0 Å². The Morgan fingerprint density at radius 1 is 1.44 bits per heavy atom. The Kier molecular flexibility index (Phi) is 2.94. The number of hydrogen-bond donors (Lipinski definition) is 3. The van der Waals surface area contributed by atoms with Gasteiger partial charge in [0.05, 0.1) is 24.1 Å². The van der Waals surface area contributed by atoms with Crippen molar-refractivity contribution in [3.63, 3.8) is 0 Å². The number of pyridine rings is 1. The zero-order valence-corrected chi connectivity index (χ0v) is 9.08. The van der Waals surface area contributed by atoms with Crippen molar-refractivity contribution in [2.45, 2.75) is 6.54 Å². The molecule has 18 heavy (non-hydrogen) atoms. The second kappa shape index (κ2) is 4.41. The molecule has 2 heterocycles. The minimum absolute atomic E-state index is 0.0112. The maximum atomic E-state index is 11.6. The van der Waals surface area contributed by atoms with Gasteiger partial charge in [0.25, 0.3) is 5.56 Å². The Morgan fingerprint density at radius 3 is 2.78 bits per heavy atom. The predicted molar refractivity (Wildman–Crippen MR) is 60.7 cm³/mol. The summed E-state index contributed by atoms with van der Waals surface area (Å²) in [4.78, 5) is 39.7. The van der Waals surface area contributed by atoms with E-state index in [0.29, 0.717) is 0 Å². The molecule has 0 saturated heterocycles. The molecule has 94 valence electrons. The van der Waals surface area contributed by atoms with Crippen LogP contribution < -0.4 is 11.2 Å². The van der Waals surface area contributed by atoms with Crippen LogP contribution >= 0.6 is 0 Å². The lowest BCUT2D eigenvalue weighted by molar-refractivity contribution is 0.0696. The molecule has 2 aromatic rings. The van der Waals surface area contributed by atoms with Crippen LogP contribution in [0.25, 0.3) is 11.0 Å². The second-order valence-electron chi connectivity index (χ2n) is 3.53. The van der Waals surface area contributed by atoms with E-state index in [1.165, 1.54) is 0 Å². The van der Waals surface area contributed by atoms with Gasteiger partial charge < -0.3 is 10.2 Å². The largest absolute Gasteiger partial charge is 0.478 e. The Balaban J connectivity index is 2.85. The van der Waals surface area contributed by atoms with Crippen molar-refractivity contribution >= 4 is 17.0 Å². The molecular formula is C10H9N3O5. The quantitative estimate of drug-likeness (QED) is 0.627. The molecule has 0 spiro atoms. The summed E-state index contributed by atoms with van der Waals surface area (Å²) in [5, 5.41) is 17.6. The Morgan fingerprint density at radius 2 is 2.17 bits per heavy atom. The van der Waals surface area contributed by atoms with Crippen LogP contribution in [0.5, 0.6) is 0 Å². The third kappa shape index (κ3) is 1.89. The Hall–Kier alpha value is -2.48. The number of hydrogen-bond acceptors (Lipinski definition) is 5. The van der Waals surface area contributed by atoms with Crippen LogP contribution in [0.3, 0.4) is 0 Å². The van der Waals surface area contributed by atoms with Gasteiger partial charge >= 0.3 is 11.7 Å². The molecular weight excluding hydrogens is 242 g/mol. The molecule has 0 atom stereocenters. The lowest BCUT2D eigenvalue weighted by Gasteiger charge is -2.06. The Bertz CT molecular complexity index is 730. The molecule has 0 aliphatic heterocycles. The average molecular weight is 251 g/mol. The SMILES string of the molecule is O=C(O)c1cnc2c(c1)c(=O)[nH]c(=O)n2CCO. The third-order valence-corrected chi connectivity index (χ3v) is 2.40. The number of fused-ring (bicyclic) bond motifs is 1. The molecule has 2 aromatic heterocycles. The zero-order chi connectivity index (χ0) is 13.3. The van der Waals surface area contributed by atoms with E-state index < -0.39 is 17.2 Å². The molecule has 0 amide bonds. The first-order valence-corrected chi connectivity index (χ1v) is 5.01. The first-order valence-electron chi connectivity index (χ1n) is 5.01. The topological polar surface area (TPSA) is 125 Å². The van der Waals surface area contributed by atoms with Gasteiger partial charge in [0.2, 0.25) is 0 Å². The number of H-pyrrole nitrogens is 1. The molecule has 2 rings (SSSR count). The van der Waals surface area contributed by atoms with E-state index in [0.717, 1.165) is 16.8 Å². The van der Waals surface area contributed by atoms with E-state index in [9.17, 15) is 14.4 Å². The van der Waals surface area contributed by atoms with Crippen molar-refractivity contribution in [1.29, 1.82) is 0 Å². The van der Waals surface area contributed by atoms with Gasteiger partial charge in [-0.25, -0.2) is 14.6 Å². The first-order chi connectivity index (χ1) is 8.54. The van der Waals surface area contributed by atoms with Crippen molar-refractivity contribution in [2.75, 3.05) is 6.61 Å². The molecule has 0 aliphatic rings. The number of aromatic amines is 1. The molecule has 0 aromatic carbocycles. The van der Waals surface area contributed by atoms with Crippen LogP contribution in [0, 0.1) is 0 Å². The number of rotatable bonds is 3. The van der Waals surface area contributed by atoms with E-state index in [2.05, 4.69) is 4.98 Å². The maximum absolute atomic E-state index is 11.6. The number of aromatic carboxylic acids is 1. The summed E-state index contributed by atoms with van der Waals surface area (Å²) >= 11 is 0. The lowest BCUT2D eigenvalue weighted by Crippen LogP contribution is -2.31. The molecule has 0 bridgehead atoms. The number of carboxylic acid groups (broad SMARTS) is 1. The van der Waals surface area contributed by atoms with Gasteiger partial charge in [-0.1, -0.05) is 0 Å². The number of nitrogens with one attached hydrogen (secondary N) is 1. The highest BCUT2D eigenvalue weighted by Gasteiger charge is 2.11. The summed E-state index contributed by atoms with van der Waals surface area (Å²) in [6.45, 7) is -0.338. The fourth-order valence-corrected chi connectivity index (χ4v) is 1.59. The number of aliphatic hydroxyl groups is 1. The molecule has 8 heteroatoms. The summed E-state index contributed by atoms with van der Waals surface area (Å²) < 4.78 is 1.07. The number of nitrogens with zero attached hydrogens (tertiary/aromatic N) is 2. The summed E-state index contributed by atoms with van der Waals surface area (Å²) in [5.74, 6) is -1.22. The van der Waals surface area contributed by atoms with Crippen LogP contribution in [0.4, 0.5) is 0 Å². The highest BCUT2D eigenvalue weighted by Crippen LogP contribution is 2.07. The number of aliphatic hydroxyl groups excluding tert-OH is 1. The van der Waals surface area contributed by atoms with Gasteiger partial charge in [-0.15, -0.1) is 0 Å². The van der Waals surface area contributed by atoms with E-state index in [1.54, 1.807) is 0 Å². The van der Waals surface area contributed by atoms with Crippen LogP contribution in [-0.4, -0.2) is 37.3 Å². The first kappa shape index (κ1) is 12.0.